The number of amides is 2. The van der Waals surface area contributed by atoms with Crippen LogP contribution in [-0.2, 0) is 26.2 Å². The van der Waals surface area contributed by atoms with E-state index in [0.29, 0.717) is 31.0 Å². The summed E-state index contributed by atoms with van der Waals surface area (Å²) in [4.78, 5) is 30.7. The van der Waals surface area contributed by atoms with Crippen LogP contribution in [-0.4, -0.2) is 67.2 Å². The molecule has 2 N–H and O–H groups in total. The topological polar surface area (TPSA) is 110 Å². The number of piperazine rings is 1. The zero-order chi connectivity index (χ0) is 34.1. The van der Waals surface area contributed by atoms with E-state index in [4.69, 9.17) is 4.74 Å². The molecule has 2 saturated carbocycles. The Morgan fingerprint density at radius 2 is 1.82 bits per heavy atom. The van der Waals surface area contributed by atoms with Crippen molar-refractivity contribution in [3.63, 3.8) is 0 Å². The molecule has 8 rings (SSSR count). The van der Waals surface area contributed by atoms with Crippen LogP contribution in [0.4, 0.5) is 0 Å². The van der Waals surface area contributed by atoms with Crippen LogP contribution in [0.2, 0.25) is 0 Å². The number of fused-ring (bicyclic) bond motifs is 6. The molecule has 9 nitrogen and oxygen atoms in total. The molecule has 1 saturated heterocycles. The number of hydrogen-bond acceptors (Lipinski definition) is 6. The number of nitrogens with zero attached hydrogens (tertiary/aromatic N) is 2. The molecule has 10 heteroatoms. The molecule has 4 aliphatic carbocycles. The maximum Gasteiger partial charge on any atom is 0.265 e. The summed E-state index contributed by atoms with van der Waals surface area (Å²) in [7, 11) is -2.10. The number of carbonyl (C=O) groups is 2. The molecule has 262 valence electrons. The molecule has 49 heavy (non-hydrogen) atoms. The van der Waals surface area contributed by atoms with Crippen LogP contribution in [0.3, 0.4) is 0 Å². The van der Waals surface area contributed by atoms with E-state index in [1.54, 1.807) is 21.0 Å². The minimum atomic E-state index is -3.82. The van der Waals surface area contributed by atoms with Gasteiger partial charge in [0.1, 0.15) is 5.75 Å². The van der Waals surface area contributed by atoms with Crippen molar-refractivity contribution in [2.24, 2.45) is 5.92 Å². The van der Waals surface area contributed by atoms with Crippen LogP contribution < -0.4 is 14.8 Å². The molecule has 2 aliphatic heterocycles. The molecule has 1 spiro atoms. The third kappa shape index (κ3) is 5.57. The zero-order valence-electron chi connectivity index (χ0n) is 29.1. The second-order valence-electron chi connectivity index (χ2n) is 15.6. The third-order valence-corrected chi connectivity index (χ3v) is 14.1. The van der Waals surface area contributed by atoms with Crippen molar-refractivity contribution in [3.05, 3.63) is 63.9 Å². The van der Waals surface area contributed by atoms with Crippen LogP contribution in [0.1, 0.15) is 108 Å². The molecule has 3 heterocycles. The lowest BCUT2D eigenvalue weighted by molar-refractivity contribution is -0.138. The third-order valence-electron chi connectivity index (χ3n) is 12.4. The summed E-state index contributed by atoms with van der Waals surface area (Å²) in [5.74, 6) is 0.236. The Hall–Kier alpha value is -3.37. The van der Waals surface area contributed by atoms with E-state index in [1.165, 1.54) is 44.1 Å². The summed E-state index contributed by atoms with van der Waals surface area (Å²) in [6.07, 6.45) is 16.6. The quantitative estimate of drug-likeness (QED) is 0.388. The maximum atomic E-state index is 14.8. The molecular formula is C39H50N4O5S. The Bertz CT molecular complexity index is 1900. The Balaban J connectivity index is 1.27. The zero-order valence-corrected chi connectivity index (χ0v) is 30.0. The molecule has 2 aromatic rings. The van der Waals surface area contributed by atoms with Crippen molar-refractivity contribution < 1.29 is 22.7 Å². The van der Waals surface area contributed by atoms with Crippen LogP contribution in [0.25, 0.3) is 10.9 Å². The monoisotopic (exact) mass is 686 g/mol. The minimum Gasteiger partial charge on any atom is -0.496 e. The molecule has 1 aromatic heterocycles. The summed E-state index contributed by atoms with van der Waals surface area (Å²) in [5, 5.41) is 4.11. The van der Waals surface area contributed by atoms with Gasteiger partial charge >= 0.3 is 0 Å². The van der Waals surface area contributed by atoms with Gasteiger partial charge in [-0.25, -0.2) is 13.1 Å². The van der Waals surface area contributed by atoms with Crippen LogP contribution >= 0.6 is 0 Å². The lowest BCUT2D eigenvalue weighted by Gasteiger charge is -2.47. The number of carbonyl (C=O) groups excluding carboxylic acids is 2. The number of rotatable bonds is 6. The van der Waals surface area contributed by atoms with Gasteiger partial charge < -0.3 is 19.5 Å². The van der Waals surface area contributed by atoms with Crippen molar-refractivity contribution in [1.82, 2.24) is 19.5 Å². The van der Waals surface area contributed by atoms with Gasteiger partial charge in [-0.05, 0) is 86.3 Å². The summed E-state index contributed by atoms with van der Waals surface area (Å²) < 4.78 is 36.3. The number of aromatic nitrogens is 1. The van der Waals surface area contributed by atoms with Crippen molar-refractivity contribution in [1.29, 1.82) is 0 Å². The highest BCUT2D eigenvalue weighted by molar-refractivity contribution is 7.90. The SMILES string of the molecule is COc1ccc(C2CCCCC2)c2c1cc1n2CC2=C(C(=O)NS(=O)(=O)C(C)C)C2=C2C=CC[C@@H](C(=O)N3CCNC4(CCCCC4)C3)C21. The first-order chi connectivity index (χ1) is 23.6. The normalized spacial score (nSPS) is 25.3. The second-order valence-corrected chi connectivity index (χ2v) is 17.8. The highest BCUT2D eigenvalue weighted by Crippen LogP contribution is 2.55. The molecule has 6 aliphatic rings. The van der Waals surface area contributed by atoms with E-state index < -0.39 is 21.2 Å². The van der Waals surface area contributed by atoms with Gasteiger partial charge in [-0.15, -0.1) is 0 Å². The number of benzene rings is 1. The van der Waals surface area contributed by atoms with Gasteiger partial charge in [0.15, 0.2) is 0 Å². The Morgan fingerprint density at radius 1 is 1.06 bits per heavy atom. The highest BCUT2D eigenvalue weighted by atomic mass is 32.2. The van der Waals surface area contributed by atoms with E-state index >= 15 is 0 Å². The average molecular weight is 687 g/mol. The minimum absolute atomic E-state index is 0.00302. The molecular weight excluding hydrogens is 637 g/mol. The smallest absolute Gasteiger partial charge is 0.265 e. The summed E-state index contributed by atoms with van der Waals surface area (Å²) in [5.41, 5.74) is 6.62. The molecule has 2 amide bonds. The molecule has 2 atom stereocenters. The van der Waals surface area contributed by atoms with Gasteiger partial charge in [0.05, 0.1) is 29.4 Å². The molecule has 0 bridgehead atoms. The standard InChI is InChI=1S/C39H50N4O5S/c1-24(2)49(46,47)41-37(44)35-30-22-43-31(21-29-32(48-3)16-15-26(36(29)43)25-11-6-4-7-12-25)33-27(34(30)35)13-10-14-28(33)38(45)42-20-19-40-39(23-42)17-8-5-9-18-39/h10,13,15-16,21,24-25,28,33,40H,4-9,11-12,14,17-20,22-23H2,1-3H3,(H,41,44)/t28-,33?/m1/s1. The summed E-state index contributed by atoms with van der Waals surface area (Å²) in [6, 6.07) is 6.57. The summed E-state index contributed by atoms with van der Waals surface area (Å²) >= 11 is 0. The molecule has 3 fully saturated rings. The number of nitrogens with one attached hydrogen (secondary N) is 2. The Labute approximate surface area is 290 Å². The van der Waals surface area contributed by atoms with Crippen LogP contribution in [0.15, 0.2) is 52.6 Å². The first-order valence-electron chi connectivity index (χ1n) is 18.6. The fourth-order valence-electron chi connectivity index (χ4n) is 9.75. The van der Waals surface area contributed by atoms with Gasteiger partial charge in [-0.3, -0.25) is 9.59 Å². The summed E-state index contributed by atoms with van der Waals surface area (Å²) in [6.45, 7) is 5.82. The van der Waals surface area contributed by atoms with Crippen LogP contribution in [0, 0.1) is 5.92 Å². The number of methoxy groups -OCH3 is 1. The predicted octanol–water partition coefficient (Wildman–Crippen LogP) is 5.97. The van der Waals surface area contributed by atoms with E-state index in [-0.39, 0.29) is 23.3 Å². The largest absolute Gasteiger partial charge is 0.496 e. The van der Waals surface area contributed by atoms with E-state index in [0.717, 1.165) is 77.8 Å². The first kappa shape index (κ1) is 32.8. The fourth-order valence-corrected chi connectivity index (χ4v) is 10.3. The van der Waals surface area contributed by atoms with Crippen LogP contribution in [0.5, 0.6) is 5.75 Å². The number of allylic oxidation sites excluding steroid dienone is 4. The lowest BCUT2D eigenvalue weighted by Crippen LogP contribution is -2.63. The molecule has 1 unspecified atom stereocenters. The van der Waals surface area contributed by atoms with Crippen molar-refractivity contribution >= 4 is 32.7 Å². The molecule has 1 aromatic carbocycles. The molecule has 0 radical (unpaired) electrons. The first-order valence-corrected chi connectivity index (χ1v) is 20.1. The highest BCUT2D eigenvalue weighted by Gasteiger charge is 2.49. The number of ether oxygens (including phenoxy) is 1. The predicted molar refractivity (Wildman–Crippen MR) is 191 cm³/mol. The number of sulfonamides is 1. The van der Waals surface area contributed by atoms with Crippen molar-refractivity contribution in [3.8, 4) is 5.75 Å². The second kappa shape index (κ2) is 12.4. The van der Waals surface area contributed by atoms with Gasteiger partial charge in [0.2, 0.25) is 15.9 Å². The number of hydrogen-bond donors (Lipinski definition) is 2. The van der Waals surface area contributed by atoms with Crippen molar-refractivity contribution in [2.45, 2.75) is 114 Å². The van der Waals surface area contributed by atoms with Gasteiger partial charge in [0, 0.05) is 48.7 Å². The van der Waals surface area contributed by atoms with Crippen molar-refractivity contribution in [2.75, 3.05) is 26.7 Å². The Kier molecular flexibility index (Phi) is 8.33. The Morgan fingerprint density at radius 3 is 2.55 bits per heavy atom. The average Bonchev–Trinajstić information content (AvgIpc) is 3.74. The van der Waals surface area contributed by atoms with Gasteiger partial charge in [-0.1, -0.05) is 56.7 Å². The van der Waals surface area contributed by atoms with Gasteiger partial charge in [-0.2, -0.15) is 0 Å². The van der Waals surface area contributed by atoms with E-state index in [2.05, 4.69) is 49.9 Å². The van der Waals surface area contributed by atoms with E-state index in [9.17, 15) is 18.0 Å². The van der Waals surface area contributed by atoms with Gasteiger partial charge in [0.25, 0.3) is 5.91 Å². The van der Waals surface area contributed by atoms with E-state index in [1.807, 2.05) is 0 Å². The maximum absolute atomic E-state index is 14.8. The lowest BCUT2D eigenvalue weighted by atomic mass is 9.75. The fraction of sp³-hybridized carbons (Fsp3) is 0.590.